The minimum atomic E-state index is -0.440. The third-order valence-electron chi connectivity index (χ3n) is 3.92. The number of nitrogens with one attached hydrogen (secondary N) is 1. The summed E-state index contributed by atoms with van der Waals surface area (Å²) < 4.78 is 16.3. The number of carbonyl (C=O) groups is 1. The molecule has 1 unspecified atom stereocenters. The predicted molar refractivity (Wildman–Crippen MR) is 85.3 cm³/mol. The topological polar surface area (TPSA) is 41.0 Å². The van der Waals surface area contributed by atoms with Crippen LogP contribution in [-0.4, -0.2) is 33.4 Å². The van der Waals surface area contributed by atoms with E-state index in [1.54, 1.807) is 10.6 Å². The number of aromatic nitrogens is 2. The summed E-state index contributed by atoms with van der Waals surface area (Å²) >= 11 is 8.47. The van der Waals surface area contributed by atoms with Crippen LogP contribution in [-0.2, 0) is 4.79 Å². The van der Waals surface area contributed by atoms with Crippen LogP contribution in [0.2, 0.25) is 0 Å². The van der Waals surface area contributed by atoms with Crippen LogP contribution in [0, 0.1) is 10.6 Å². The average Bonchev–Trinajstić information content (AvgIpc) is 3.06. The molecule has 0 aliphatic carbocycles. The van der Waals surface area contributed by atoms with Gasteiger partial charge >= 0.3 is 0 Å². The first-order chi connectivity index (χ1) is 9.99. The first-order valence-corrected chi connectivity index (χ1v) is 8.07. The lowest BCUT2D eigenvalue weighted by molar-refractivity contribution is -0.133. The van der Waals surface area contributed by atoms with Gasteiger partial charge in [0.05, 0.1) is 15.5 Å². The van der Waals surface area contributed by atoms with Crippen molar-refractivity contribution in [1.82, 2.24) is 14.5 Å². The molecule has 1 aromatic carbocycles. The van der Waals surface area contributed by atoms with Gasteiger partial charge in [0.15, 0.2) is 4.77 Å². The Bertz CT molecular complexity index is 763. The van der Waals surface area contributed by atoms with Gasteiger partial charge in [-0.1, -0.05) is 0 Å². The fourth-order valence-electron chi connectivity index (χ4n) is 2.82. The zero-order valence-electron chi connectivity index (χ0n) is 11.5. The molecule has 7 heteroatoms. The molecule has 0 radical (unpaired) electrons. The second-order valence-electron chi connectivity index (χ2n) is 5.29. The van der Waals surface area contributed by atoms with Crippen molar-refractivity contribution in [2.45, 2.75) is 25.8 Å². The quantitative estimate of drug-likeness (QED) is 0.816. The number of amides is 1. The normalized spacial score (nSPS) is 16.6. The number of nitrogens with zero attached hydrogens (tertiary/aromatic N) is 2. The van der Waals surface area contributed by atoms with Crippen molar-refractivity contribution in [2.24, 2.45) is 0 Å². The molecule has 21 heavy (non-hydrogen) atoms. The van der Waals surface area contributed by atoms with Crippen molar-refractivity contribution in [3.63, 3.8) is 0 Å². The fraction of sp³-hybridized carbons (Fsp3) is 0.429. The molecule has 1 amide bonds. The highest BCUT2D eigenvalue weighted by atomic mass is 79.9. The van der Waals surface area contributed by atoms with Gasteiger partial charge in [0.2, 0.25) is 5.91 Å². The summed E-state index contributed by atoms with van der Waals surface area (Å²) in [6.45, 7) is 3.39. The summed E-state index contributed by atoms with van der Waals surface area (Å²) in [4.78, 5) is 17.4. The third kappa shape index (κ3) is 2.53. The maximum Gasteiger partial charge on any atom is 0.245 e. The summed E-state index contributed by atoms with van der Waals surface area (Å²) in [5.74, 6) is -0.334. The van der Waals surface area contributed by atoms with Crippen LogP contribution in [0.25, 0.3) is 11.0 Å². The predicted octanol–water partition coefficient (Wildman–Crippen LogP) is 3.78. The van der Waals surface area contributed by atoms with Gasteiger partial charge in [0, 0.05) is 19.2 Å². The number of imidazole rings is 1. The van der Waals surface area contributed by atoms with Crippen molar-refractivity contribution in [2.75, 3.05) is 13.1 Å². The van der Waals surface area contributed by atoms with Crippen LogP contribution in [0.3, 0.4) is 0 Å². The molecule has 1 atom stereocenters. The maximum absolute atomic E-state index is 13.8. The van der Waals surface area contributed by atoms with Crippen molar-refractivity contribution in [1.29, 1.82) is 0 Å². The second kappa shape index (κ2) is 5.53. The molecule has 2 aromatic rings. The minimum absolute atomic E-state index is 0.0350. The summed E-state index contributed by atoms with van der Waals surface area (Å²) in [6.07, 6.45) is 2.08. The summed E-state index contributed by atoms with van der Waals surface area (Å²) in [5, 5.41) is 0. The fourth-order valence-corrected chi connectivity index (χ4v) is 3.53. The monoisotopic (exact) mass is 371 g/mol. The number of hydrogen-bond donors (Lipinski definition) is 1. The van der Waals surface area contributed by atoms with Gasteiger partial charge in [0.25, 0.3) is 0 Å². The Hall–Kier alpha value is -1.21. The number of fused-ring (bicyclic) bond motifs is 1. The van der Waals surface area contributed by atoms with Crippen molar-refractivity contribution in [3.8, 4) is 0 Å². The van der Waals surface area contributed by atoms with Crippen LogP contribution >= 0.6 is 28.1 Å². The number of carbonyl (C=O) groups excluding carboxylic acids is 1. The Labute approximate surface area is 135 Å². The molecule has 1 aromatic heterocycles. The van der Waals surface area contributed by atoms with E-state index in [4.69, 9.17) is 12.2 Å². The summed E-state index contributed by atoms with van der Waals surface area (Å²) in [5.41, 5.74) is 1.33. The van der Waals surface area contributed by atoms with Crippen molar-refractivity contribution < 1.29 is 9.18 Å². The van der Waals surface area contributed by atoms with Crippen molar-refractivity contribution in [3.05, 3.63) is 27.2 Å². The lowest BCUT2D eigenvalue weighted by atomic mass is 10.2. The zero-order valence-corrected chi connectivity index (χ0v) is 13.9. The molecule has 1 aliphatic heterocycles. The van der Waals surface area contributed by atoms with E-state index in [0.717, 1.165) is 25.9 Å². The molecule has 0 bridgehead atoms. The number of benzene rings is 1. The lowest BCUT2D eigenvalue weighted by Crippen LogP contribution is -2.34. The number of hydrogen-bond acceptors (Lipinski definition) is 2. The molecule has 3 rings (SSSR count). The molecule has 112 valence electrons. The number of halogens is 2. The van der Waals surface area contributed by atoms with E-state index in [2.05, 4.69) is 20.9 Å². The third-order valence-corrected chi connectivity index (χ3v) is 4.83. The molecule has 0 saturated carbocycles. The molecule has 0 spiro atoms. The van der Waals surface area contributed by atoms with E-state index in [1.165, 1.54) is 6.07 Å². The van der Waals surface area contributed by atoms with E-state index in [9.17, 15) is 9.18 Å². The van der Waals surface area contributed by atoms with E-state index < -0.39 is 6.04 Å². The first-order valence-electron chi connectivity index (χ1n) is 6.87. The van der Waals surface area contributed by atoms with Crippen LogP contribution in [0.4, 0.5) is 4.39 Å². The van der Waals surface area contributed by atoms with Crippen LogP contribution in [0.15, 0.2) is 16.6 Å². The van der Waals surface area contributed by atoms with Gasteiger partial charge in [-0.3, -0.25) is 4.79 Å². The molecule has 1 N–H and O–H groups in total. The van der Waals surface area contributed by atoms with Gasteiger partial charge in [-0.05, 0) is 54.0 Å². The molecule has 2 heterocycles. The van der Waals surface area contributed by atoms with Gasteiger partial charge in [0.1, 0.15) is 11.9 Å². The summed E-state index contributed by atoms with van der Waals surface area (Å²) in [6, 6.07) is 2.61. The van der Waals surface area contributed by atoms with E-state index in [1.807, 2.05) is 11.8 Å². The first kappa shape index (κ1) is 14.7. The molecule has 1 aliphatic rings. The minimum Gasteiger partial charge on any atom is -0.341 e. The standard InChI is InChI=1S/C14H15BrFN3OS/c1-8(13(20)18-4-2-3-5-18)19-12-7-10(16)9(15)6-11(12)17-14(19)21/h6-8H,2-5H2,1H3,(H,17,21). The van der Waals surface area contributed by atoms with Gasteiger partial charge < -0.3 is 14.5 Å². The number of likely N-dealkylation sites (tertiary alicyclic amines) is 1. The Kier molecular flexibility index (Phi) is 3.88. The Morgan fingerprint density at radius 3 is 2.76 bits per heavy atom. The number of aromatic amines is 1. The van der Waals surface area contributed by atoms with Gasteiger partial charge in [-0.25, -0.2) is 4.39 Å². The van der Waals surface area contributed by atoms with Crippen molar-refractivity contribution >= 4 is 45.1 Å². The highest BCUT2D eigenvalue weighted by molar-refractivity contribution is 9.10. The molecule has 1 fully saturated rings. The average molecular weight is 372 g/mol. The molecule has 1 saturated heterocycles. The van der Waals surface area contributed by atoms with Crippen LogP contribution in [0.5, 0.6) is 0 Å². The zero-order chi connectivity index (χ0) is 15.1. The molecular formula is C14H15BrFN3OS. The number of H-pyrrole nitrogens is 1. The highest BCUT2D eigenvalue weighted by Gasteiger charge is 2.26. The van der Waals surface area contributed by atoms with Gasteiger partial charge in [-0.2, -0.15) is 0 Å². The highest BCUT2D eigenvalue weighted by Crippen LogP contribution is 2.26. The Morgan fingerprint density at radius 2 is 2.10 bits per heavy atom. The maximum atomic E-state index is 13.8. The van der Waals surface area contributed by atoms with Crippen LogP contribution < -0.4 is 0 Å². The summed E-state index contributed by atoms with van der Waals surface area (Å²) in [7, 11) is 0. The largest absolute Gasteiger partial charge is 0.341 e. The lowest BCUT2D eigenvalue weighted by Gasteiger charge is -2.21. The van der Waals surface area contributed by atoms with Crippen LogP contribution in [0.1, 0.15) is 25.8 Å². The Morgan fingerprint density at radius 1 is 1.43 bits per heavy atom. The SMILES string of the molecule is CC(C(=O)N1CCCC1)n1c(=S)[nH]c2cc(Br)c(F)cc21. The van der Waals surface area contributed by atoms with Gasteiger partial charge in [-0.15, -0.1) is 0 Å². The second-order valence-corrected chi connectivity index (χ2v) is 6.53. The molecular weight excluding hydrogens is 357 g/mol. The number of rotatable bonds is 2. The van der Waals surface area contributed by atoms with E-state index >= 15 is 0 Å². The van der Waals surface area contributed by atoms with E-state index in [-0.39, 0.29) is 11.7 Å². The van der Waals surface area contributed by atoms with E-state index in [0.29, 0.717) is 20.3 Å². The Balaban J connectivity index is 2.06. The smallest absolute Gasteiger partial charge is 0.245 e. The molecule has 4 nitrogen and oxygen atoms in total.